The summed E-state index contributed by atoms with van der Waals surface area (Å²) in [5.74, 6) is 2.84. The van der Waals surface area contributed by atoms with Crippen molar-refractivity contribution < 1.29 is 17.9 Å². The van der Waals surface area contributed by atoms with E-state index in [9.17, 15) is 8.42 Å². The first-order chi connectivity index (χ1) is 23.0. The van der Waals surface area contributed by atoms with Gasteiger partial charge < -0.3 is 20.1 Å². The maximum atomic E-state index is 13.1. The summed E-state index contributed by atoms with van der Waals surface area (Å²) in [4.78, 5) is 12.1. The predicted octanol–water partition coefficient (Wildman–Crippen LogP) is 7.94. The summed E-state index contributed by atoms with van der Waals surface area (Å²) in [5.41, 5.74) is 4.97. The number of benzene rings is 2. The smallest absolute Gasteiger partial charge is 0.229 e. The Balaban J connectivity index is 1.20. The number of aryl methyl sites for hydroxylation is 1. The summed E-state index contributed by atoms with van der Waals surface area (Å²) >= 11 is 6.52. The molecule has 48 heavy (non-hydrogen) atoms. The Kier molecular flexibility index (Phi) is 9.21. The lowest BCUT2D eigenvalue weighted by Gasteiger charge is -2.49. The summed E-state index contributed by atoms with van der Waals surface area (Å²) < 4.78 is 38.2. The minimum Gasteiger partial charge on any atom is -0.489 e. The summed E-state index contributed by atoms with van der Waals surface area (Å²) in [5, 5.41) is 6.20. The SMILES string of the molecule is Cc1cc(Nc2ncc(Cl)c(Nc3ccccc3S(=O)(=O)C(C)C)n2)c(OC(C)C)cc1C1=C[C@@H](C2CC2)N(C2COC2)[C@@H](C2CC2)C1. The van der Waals surface area contributed by atoms with Crippen LogP contribution in [0.4, 0.5) is 23.1 Å². The number of rotatable bonds is 12. The van der Waals surface area contributed by atoms with Crippen LogP contribution in [0.2, 0.25) is 5.02 Å². The molecule has 0 unspecified atom stereocenters. The zero-order valence-electron chi connectivity index (χ0n) is 28.4. The maximum absolute atomic E-state index is 13.1. The minimum atomic E-state index is -3.54. The lowest BCUT2D eigenvalue weighted by atomic mass is 9.84. The molecule has 9 nitrogen and oxygen atoms in total. The van der Waals surface area contributed by atoms with Gasteiger partial charge in [0, 0.05) is 12.1 Å². The summed E-state index contributed by atoms with van der Waals surface area (Å²) in [6.45, 7) is 11.2. The van der Waals surface area contributed by atoms with Crippen molar-refractivity contribution in [3.63, 3.8) is 0 Å². The molecular formula is C37H46ClN5O4S. The first-order valence-corrected chi connectivity index (χ1v) is 19.2. The number of hydrogen-bond acceptors (Lipinski definition) is 9. The Hall–Kier alpha value is -3.18. The topological polar surface area (TPSA) is 106 Å². The van der Waals surface area contributed by atoms with Crippen LogP contribution in [0.1, 0.15) is 70.9 Å². The van der Waals surface area contributed by atoms with Crippen molar-refractivity contribution in [3.05, 3.63) is 64.8 Å². The maximum Gasteiger partial charge on any atom is 0.229 e. The van der Waals surface area contributed by atoms with E-state index in [1.165, 1.54) is 43.0 Å². The van der Waals surface area contributed by atoms with Crippen molar-refractivity contribution in [2.45, 2.75) is 101 Å². The van der Waals surface area contributed by atoms with E-state index in [0.29, 0.717) is 35.6 Å². The Labute approximate surface area is 289 Å². The summed E-state index contributed by atoms with van der Waals surface area (Å²) in [6, 6.07) is 12.6. The lowest BCUT2D eigenvalue weighted by molar-refractivity contribution is -0.0963. The first kappa shape index (κ1) is 33.3. The number of hydrogen-bond donors (Lipinski definition) is 2. The molecule has 2 saturated carbocycles. The molecule has 3 aromatic rings. The molecule has 7 rings (SSSR count). The fourth-order valence-electron chi connectivity index (χ4n) is 7.05. The van der Waals surface area contributed by atoms with Gasteiger partial charge in [-0.3, -0.25) is 4.90 Å². The quantitative estimate of drug-likeness (QED) is 0.196. The van der Waals surface area contributed by atoms with E-state index in [0.717, 1.165) is 48.5 Å². The third-order valence-corrected chi connectivity index (χ3v) is 12.4. The van der Waals surface area contributed by atoms with Crippen LogP contribution in [0.5, 0.6) is 5.75 Å². The number of nitrogens with zero attached hydrogens (tertiary/aromatic N) is 3. The largest absolute Gasteiger partial charge is 0.489 e. The van der Waals surface area contributed by atoms with E-state index in [-0.39, 0.29) is 16.0 Å². The zero-order valence-corrected chi connectivity index (χ0v) is 29.9. The normalized spacial score (nSPS) is 22.0. The van der Waals surface area contributed by atoms with Gasteiger partial charge in [-0.25, -0.2) is 13.4 Å². The molecule has 0 radical (unpaired) electrons. The van der Waals surface area contributed by atoms with Crippen LogP contribution in [-0.4, -0.2) is 66.0 Å². The average Bonchev–Trinajstić information content (AvgIpc) is 3.94. The van der Waals surface area contributed by atoms with Crippen LogP contribution in [0.15, 0.2) is 53.6 Å². The van der Waals surface area contributed by atoms with Gasteiger partial charge >= 0.3 is 0 Å². The molecule has 2 N–H and O–H groups in total. The Morgan fingerprint density at radius 2 is 1.73 bits per heavy atom. The van der Waals surface area contributed by atoms with Gasteiger partial charge in [0.1, 0.15) is 10.8 Å². The molecule has 4 aliphatic rings. The van der Waals surface area contributed by atoms with Crippen molar-refractivity contribution in [1.29, 1.82) is 0 Å². The van der Waals surface area contributed by atoms with Gasteiger partial charge in [-0.05, 0) is 120 Å². The van der Waals surface area contributed by atoms with E-state index < -0.39 is 15.1 Å². The molecule has 0 spiro atoms. The van der Waals surface area contributed by atoms with Crippen molar-refractivity contribution in [2.24, 2.45) is 11.8 Å². The number of sulfone groups is 1. The minimum absolute atomic E-state index is 0.0447. The van der Waals surface area contributed by atoms with Gasteiger partial charge in [0.25, 0.3) is 0 Å². The molecule has 11 heteroatoms. The van der Waals surface area contributed by atoms with Crippen LogP contribution in [0.25, 0.3) is 5.57 Å². The van der Waals surface area contributed by atoms with Crippen LogP contribution in [-0.2, 0) is 14.6 Å². The molecule has 2 aliphatic carbocycles. The Bertz CT molecular complexity index is 1820. The molecule has 256 valence electrons. The Morgan fingerprint density at radius 1 is 1.00 bits per heavy atom. The highest BCUT2D eigenvalue weighted by Crippen LogP contribution is 2.50. The van der Waals surface area contributed by atoms with E-state index in [1.54, 1.807) is 38.1 Å². The van der Waals surface area contributed by atoms with Crippen LogP contribution >= 0.6 is 11.6 Å². The van der Waals surface area contributed by atoms with Crippen molar-refractivity contribution in [1.82, 2.24) is 14.9 Å². The standard InChI is InChI=1S/C37H46ClN5O4S/c1-21(2)47-34-17-28(26-15-32(24-10-11-24)43(27-19-46-20-27)33(16-26)25-12-13-25)23(5)14-31(34)41-37-39-18-29(38)36(42-37)40-30-8-6-7-9-35(30)48(44,45)22(3)4/h6-9,14-15,17-18,21-22,24-25,27,32-33H,10-13,16,19-20H2,1-5H3,(H2,39,40,41,42)/t32-,33+/m0/s1. The highest BCUT2D eigenvalue weighted by molar-refractivity contribution is 7.92. The predicted molar refractivity (Wildman–Crippen MR) is 191 cm³/mol. The molecule has 2 aliphatic heterocycles. The molecule has 2 aromatic carbocycles. The van der Waals surface area contributed by atoms with Crippen molar-refractivity contribution in [2.75, 3.05) is 23.8 Å². The number of nitrogens with one attached hydrogen (secondary N) is 2. The third-order valence-electron chi connectivity index (χ3n) is 9.93. The fraction of sp³-hybridized carbons (Fsp3) is 0.514. The molecule has 1 aromatic heterocycles. The number of ether oxygens (including phenoxy) is 2. The molecule has 0 bridgehead atoms. The third kappa shape index (κ3) is 6.82. The van der Waals surface area contributed by atoms with E-state index >= 15 is 0 Å². The van der Waals surface area contributed by atoms with Crippen molar-refractivity contribution in [3.8, 4) is 5.75 Å². The average molecular weight is 692 g/mol. The second-order valence-corrected chi connectivity index (χ2v) is 17.2. The van der Waals surface area contributed by atoms with Gasteiger partial charge in [-0.15, -0.1) is 0 Å². The number of aromatic nitrogens is 2. The zero-order chi connectivity index (χ0) is 33.7. The second kappa shape index (κ2) is 13.3. The highest BCUT2D eigenvalue weighted by Gasteiger charge is 2.49. The Morgan fingerprint density at radius 3 is 2.38 bits per heavy atom. The van der Waals surface area contributed by atoms with E-state index in [2.05, 4.69) is 50.6 Å². The highest BCUT2D eigenvalue weighted by atomic mass is 35.5. The van der Waals surface area contributed by atoms with Gasteiger partial charge in [-0.2, -0.15) is 4.98 Å². The molecular weight excluding hydrogens is 646 g/mol. The second-order valence-electron chi connectivity index (χ2n) is 14.3. The summed E-state index contributed by atoms with van der Waals surface area (Å²) in [6.07, 6.45) is 10.3. The molecule has 3 heterocycles. The monoisotopic (exact) mass is 691 g/mol. The van der Waals surface area contributed by atoms with Crippen LogP contribution < -0.4 is 15.4 Å². The fourth-order valence-corrected chi connectivity index (χ4v) is 8.39. The molecule has 3 fully saturated rings. The van der Waals surface area contributed by atoms with Gasteiger partial charge in [0.2, 0.25) is 5.95 Å². The van der Waals surface area contributed by atoms with E-state index in [4.69, 9.17) is 21.1 Å². The number of anilines is 4. The van der Waals surface area contributed by atoms with Gasteiger partial charge in [-0.1, -0.05) is 29.8 Å². The van der Waals surface area contributed by atoms with Crippen LogP contribution in [0.3, 0.4) is 0 Å². The van der Waals surface area contributed by atoms with E-state index in [1.807, 2.05) is 13.8 Å². The molecule has 1 saturated heterocycles. The first-order valence-electron chi connectivity index (χ1n) is 17.3. The van der Waals surface area contributed by atoms with Crippen molar-refractivity contribution >= 4 is 50.2 Å². The lowest BCUT2D eigenvalue weighted by Crippen LogP contribution is -2.59. The number of halogens is 1. The number of para-hydroxylation sites is 1. The summed E-state index contributed by atoms with van der Waals surface area (Å²) in [7, 11) is -3.54. The molecule has 2 atom stereocenters. The van der Waals surface area contributed by atoms with Gasteiger partial charge in [0.15, 0.2) is 15.7 Å². The van der Waals surface area contributed by atoms with Gasteiger partial charge in [0.05, 0.1) is 53.1 Å². The van der Waals surface area contributed by atoms with Crippen LogP contribution in [0, 0.1) is 18.8 Å². The molecule has 0 amide bonds.